The zero-order chi connectivity index (χ0) is 15.1. The zero-order valence-corrected chi connectivity index (χ0v) is 12.0. The van der Waals surface area contributed by atoms with Crippen molar-refractivity contribution in [3.8, 4) is 0 Å². The molecule has 1 aliphatic rings. The van der Waals surface area contributed by atoms with Crippen LogP contribution in [-0.2, 0) is 16.2 Å². The van der Waals surface area contributed by atoms with Gasteiger partial charge in [0.05, 0.1) is 0 Å². The first-order chi connectivity index (χ1) is 10.2. The molecule has 2 rings (SSSR count). The SMILES string of the molecule is CCCCC1C(=O)NC(=O)N1C=NOCc1ccccc1. The van der Waals surface area contributed by atoms with Crippen molar-refractivity contribution >= 4 is 18.3 Å². The van der Waals surface area contributed by atoms with E-state index in [1.165, 1.54) is 11.2 Å². The quantitative estimate of drug-likeness (QED) is 0.362. The van der Waals surface area contributed by atoms with Crippen molar-refractivity contribution in [2.75, 3.05) is 0 Å². The number of nitrogens with one attached hydrogen (secondary N) is 1. The predicted octanol–water partition coefficient (Wildman–Crippen LogP) is 2.26. The van der Waals surface area contributed by atoms with Gasteiger partial charge in [0, 0.05) is 0 Å². The second-order valence-corrected chi connectivity index (χ2v) is 4.84. The van der Waals surface area contributed by atoms with E-state index in [1.807, 2.05) is 37.3 Å². The maximum atomic E-state index is 11.7. The third kappa shape index (κ3) is 4.05. The van der Waals surface area contributed by atoms with Crippen LogP contribution in [0.15, 0.2) is 35.5 Å². The van der Waals surface area contributed by atoms with Crippen LogP contribution >= 0.6 is 0 Å². The average molecular weight is 289 g/mol. The molecule has 1 unspecified atom stereocenters. The van der Waals surface area contributed by atoms with E-state index in [1.54, 1.807) is 0 Å². The summed E-state index contributed by atoms with van der Waals surface area (Å²) in [6.07, 6.45) is 3.75. The molecular weight excluding hydrogens is 270 g/mol. The van der Waals surface area contributed by atoms with Crippen molar-refractivity contribution in [1.82, 2.24) is 10.2 Å². The Kier molecular flexibility index (Phi) is 5.31. The third-order valence-electron chi connectivity index (χ3n) is 3.25. The number of amides is 3. The van der Waals surface area contributed by atoms with Crippen LogP contribution in [-0.4, -0.2) is 29.2 Å². The maximum Gasteiger partial charge on any atom is 0.330 e. The molecule has 3 amide bonds. The Morgan fingerprint density at radius 1 is 1.33 bits per heavy atom. The molecular formula is C15H19N3O3. The lowest BCUT2D eigenvalue weighted by molar-refractivity contribution is -0.121. The summed E-state index contributed by atoms with van der Waals surface area (Å²) in [5, 5.41) is 6.07. The molecule has 0 aliphatic carbocycles. The normalized spacial score (nSPS) is 18.3. The molecule has 1 aromatic rings. The summed E-state index contributed by atoms with van der Waals surface area (Å²) in [4.78, 5) is 29.8. The van der Waals surface area contributed by atoms with Crippen molar-refractivity contribution in [2.24, 2.45) is 5.16 Å². The minimum atomic E-state index is -0.485. The van der Waals surface area contributed by atoms with E-state index in [0.717, 1.165) is 18.4 Å². The average Bonchev–Trinajstić information content (AvgIpc) is 2.76. The summed E-state index contributed by atoms with van der Waals surface area (Å²) in [5.74, 6) is -0.275. The van der Waals surface area contributed by atoms with Crippen LogP contribution in [0.5, 0.6) is 0 Å². The van der Waals surface area contributed by atoms with E-state index < -0.39 is 12.1 Å². The van der Waals surface area contributed by atoms with E-state index in [4.69, 9.17) is 4.84 Å². The molecule has 1 atom stereocenters. The van der Waals surface area contributed by atoms with Gasteiger partial charge < -0.3 is 4.84 Å². The summed E-state index contributed by atoms with van der Waals surface area (Å²) in [7, 11) is 0. The largest absolute Gasteiger partial charge is 0.390 e. The van der Waals surface area contributed by atoms with Crippen LogP contribution in [0.25, 0.3) is 0 Å². The standard InChI is InChI=1S/C15H19N3O3/c1-2-3-9-13-14(19)17-15(20)18(13)11-16-21-10-12-7-5-4-6-8-12/h4-8,11,13H,2-3,9-10H2,1H3,(H,17,19,20). The van der Waals surface area contributed by atoms with Gasteiger partial charge in [0.15, 0.2) is 0 Å². The second-order valence-electron chi connectivity index (χ2n) is 4.84. The van der Waals surface area contributed by atoms with Gasteiger partial charge in [0.25, 0.3) is 5.91 Å². The van der Waals surface area contributed by atoms with Crippen molar-refractivity contribution < 1.29 is 14.4 Å². The summed E-state index contributed by atoms with van der Waals surface area (Å²) in [5.41, 5.74) is 0.985. The number of carbonyl (C=O) groups excluding carboxylic acids is 2. The van der Waals surface area contributed by atoms with Crippen molar-refractivity contribution in [3.05, 3.63) is 35.9 Å². The van der Waals surface area contributed by atoms with Gasteiger partial charge in [-0.1, -0.05) is 55.3 Å². The molecule has 1 aromatic carbocycles. The Bertz CT molecular complexity index is 516. The molecule has 112 valence electrons. The molecule has 1 aliphatic heterocycles. The highest BCUT2D eigenvalue weighted by molar-refractivity contribution is 6.08. The predicted molar refractivity (Wildman–Crippen MR) is 78.4 cm³/mol. The molecule has 0 spiro atoms. The van der Waals surface area contributed by atoms with Gasteiger partial charge in [-0.15, -0.1) is 0 Å². The molecule has 0 saturated carbocycles. The van der Waals surface area contributed by atoms with Gasteiger partial charge in [-0.3, -0.25) is 15.0 Å². The number of oxime groups is 1. The number of rotatable bonds is 7. The van der Waals surface area contributed by atoms with Gasteiger partial charge in [-0.05, 0) is 12.0 Å². The minimum absolute atomic E-state index is 0.275. The lowest BCUT2D eigenvalue weighted by atomic mass is 10.1. The number of hydrogen-bond acceptors (Lipinski definition) is 4. The lowest BCUT2D eigenvalue weighted by Gasteiger charge is -2.15. The molecule has 0 aromatic heterocycles. The molecule has 21 heavy (non-hydrogen) atoms. The lowest BCUT2D eigenvalue weighted by Crippen LogP contribution is -2.33. The van der Waals surface area contributed by atoms with Gasteiger partial charge in [-0.2, -0.15) is 0 Å². The monoisotopic (exact) mass is 289 g/mol. The highest BCUT2D eigenvalue weighted by Gasteiger charge is 2.36. The molecule has 1 N–H and O–H groups in total. The number of carbonyl (C=O) groups is 2. The first kappa shape index (κ1) is 15.0. The topological polar surface area (TPSA) is 71.0 Å². The van der Waals surface area contributed by atoms with Crippen LogP contribution in [0.3, 0.4) is 0 Å². The number of imide groups is 1. The summed E-state index contributed by atoms with van der Waals surface area (Å²) >= 11 is 0. The Morgan fingerprint density at radius 2 is 2.10 bits per heavy atom. The Morgan fingerprint density at radius 3 is 2.81 bits per heavy atom. The molecule has 0 bridgehead atoms. The number of urea groups is 1. The van der Waals surface area contributed by atoms with E-state index >= 15 is 0 Å². The minimum Gasteiger partial charge on any atom is -0.390 e. The number of nitrogens with zero attached hydrogens (tertiary/aromatic N) is 2. The molecule has 6 heteroatoms. The van der Waals surface area contributed by atoms with Crippen LogP contribution in [0.2, 0.25) is 0 Å². The van der Waals surface area contributed by atoms with Gasteiger partial charge in [0.2, 0.25) is 0 Å². The first-order valence-corrected chi connectivity index (χ1v) is 7.05. The summed E-state index contributed by atoms with van der Waals surface area (Å²) in [6, 6.07) is 8.66. The fourth-order valence-corrected chi connectivity index (χ4v) is 2.09. The van der Waals surface area contributed by atoms with Crippen molar-refractivity contribution in [1.29, 1.82) is 0 Å². The molecule has 6 nitrogen and oxygen atoms in total. The van der Waals surface area contributed by atoms with Gasteiger partial charge >= 0.3 is 6.03 Å². The van der Waals surface area contributed by atoms with E-state index in [0.29, 0.717) is 13.0 Å². The van der Waals surface area contributed by atoms with Crippen LogP contribution in [0.1, 0.15) is 31.7 Å². The van der Waals surface area contributed by atoms with E-state index in [9.17, 15) is 9.59 Å². The van der Waals surface area contributed by atoms with Crippen molar-refractivity contribution in [2.45, 2.75) is 38.8 Å². The Balaban J connectivity index is 1.88. The van der Waals surface area contributed by atoms with E-state index in [-0.39, 0.29) is 5.91 Å². The fourth-order valence-electron chi connectivity index (χ4n) is 2.09. The first-order valence-electron chi connectivity index (χ1n) is 7.05. The van der Waals surface area contributed by atoms with Gasteiger partial charge in [-0.25, -0.2) is 4.79 Å². The summed E-state index contributed by atoms with van der Waals surface area (Å²) < 4.78 is 0. The second kappa shape index (κ2) is 7.42. The maximum absolute atomic E-state index is 11.7. The highest BCUT2D eigenvalue weighted by Crippen LogP contribution is 2.13. The Labute approximate surface area is 123 Å². The highest BCUT2D eigenvalue weighted by atomic mass is 16.6. The van der Waals surface area contributed by atoms with Gasteiger partial charge in [0.1, 0.15) is 19.0 Å². The third-order valence-corrected chi connectivity index (χ3v) is 3.25. The summed E-state index contributed by atoms with van der Waals surface area (Å²) in [6.45, 7) is 2.36. The Hall–Kier alpha value is -2.37. The zero-order valence-electron chi connectivity index (χ0n) is 12.0. The molecule has 0 radical (unpaired) electrons. The van der Waals surface area contributed by atoms with Crippen LogP contribution in [0.4, 0.5) is 4.79 Å². The smallest absolute Gasteiger partial charge is 0.330 e. The number of unbranched alkanes of at least 4 members (excludes halogenated alkanes) is 1. The molecule has 1 saturated heterocycles. The van der Waals surface area contributed by atoms with Crippen LogP contribution in [0, 0.1) is 0 Å². The van der Waals surface area contributed by atoms with E-state index in [2.05, 4.69) is 10.5 Å². The number of benzene rings is 1. The van der Waals surface area contributed by atoms with Crippen LogP contribution < -0.4 is 5.32 Å². The number of hydrogen-bond donors (Lipinski definition) is 1. The van der Waals surface area contributed by atoms with Crippen molar-refractivity contribution in [3.63, 3.8) is 0 Å². The fraction of sp³-hybridized carbons (Fsp3) is 0.400. The molecule has 1 heterocycles. The molecule has 1 fully saturated rings.